The Balaban J connectivity index is 1.73. The Morgan fingerprint density at radius 3 is 2.22 bits per heavy atom. The highest BCUT2D eigenvalue weighted by molar-refractivity contribution is 7.99. The Hall–Kier alpha value is -2.53. The van der Waals surface area contributed by atoms with Gasteiger partial charge in [0.2, 0.25) is 0 Å². The van der Waals surface area contributed by atoms with Gasteiger partial charge >= 0.3 is 0 Å². The SMILES string of the molecule is CC(C)=CCCC(C)=CCCC(C)=CCCC(C)=CCSCC(Nc1ncccc1C)C1=COCC=N1. The van der Waals surface area contributed by atoms with Crippen molar-refractivity contribution in [1.29, 1.82) is 0 Å². The molecule has 1 aromatic heterocycles. The molecule has 1 aliphatic rings. The van der Waals surface area contributed by atoms with Gasteiger partial charge in [-0.1, -0.05) is 52.7 Å². The van der Waals surface area contributed by atoms with E-state index in [0.29, 0.717) is 6.61 Å². The molecule has 0 fully saturated rings. The average molecular weight is 522 g/mol. The van der Waals surface area contributed by atoms with Crippen molar-refractivity contribution < 1.29 is 4.74 Å². The van der Waals surface area contributed by atoms with Crippen molar-refractivity contribution in [3.63, 3.8) is 0 Å². The van der Waals surface area contributed by atoms with Crippen LogP contribution < -0.4 is 5.32 Å². The number of aromatic nitrogens is 1. The molecule has 0 aliphatic carbocycles. The highest BCUT2D eigenvalue weighted by atomic mass is 32.2. The maximum absolute atomic E-state index is 5.49. The van der Waals surface area contributed by atoms with Crippen molar-refractivity contribution >= 4 is 23.8 Å². The van der Waals surface area contributed by atoms with E-state index < -0.39 is 0 Å². The Kier molecular flexibility index (Phi) is 14.8. The molecule has 4 nitrogen and oxygen atoms in total. The van der Waals surface area contributed by atoms with Gasteiger partial charge in [-0.25, -0.2) is 4.98 Å². The molecule has 0 aromatic carbocycles. The number of thioether (sulfide) groups is 1. The zero-order valence-corrected chi connectivity index (χ0v) is 24.7. The second-order valence-electron chi connectivity index (χ2n) is 10.1. The summed E-state index contributed by atoms with van der Waals surface area (Å²) in [7, 11) is 0. The van der Waals surface area contributed by atoms with Crippen molar-refractivity contribution in [2.75, 3.05) is 23.4 Å². The highest BCUT2D eigenvalue weighted by Gasteiger charge is 2.17. The number of nitrogens with zero attached hydrogens (tertiary/aromatic N) is 2. The molecule has 0 amide bonds. The molecule has 0 bridgehead atoms. The lowest BCUT2D eigenvalue weighted by atomic mass is 10.0. The van der Waals surface area contributed by atoms with Crippen LogP contribution in [0, 0.1) is 6.92 Å². The summed E-state index contributed by atoms with van der Waals surface area (Å²) in [6, 6.07) is 4.09. The molecule has 202 valence electrons. The van der Waals surface area contributed by atoms with Crippen LogP contribution in [0.5, 0.6) is 0 Å². The van der Waals surface area contributed by atoms with E-state index in [1.54, 1.807) is 6.26 Å². The summed E-state index contributed by atoms with van der Waals surface area (Å²) in [4.78, 5) is 9.06. The highest BCUT2D eigenvalue weighted by Crippen LogP contribution is 2.21. The van der Waals surface area contributed by atoms with E-state index in [0.717, 1.165) is 60.7 Å². The number of aliphatic imine (C=N–C) groups is 1. The zero-order valence-electron chi connectivity index (χ0n) is 23.8. The summed E-state index contributed by atoms with van der Waals surface area (Å²) in [6.07, 6.45) is 21.8. The lowest BCUT2D eigenvalue weighted by Crippen LogP contribution is -2.26. The standard InChI is InChI=1S/C32H47N3OS/c1-25(2)11-7-12-26(3)13-8-14-27(4)15-9-16-28(5)18-22-37-24-31(30-23-36-21-20-33-30)35-32-29(6)17-10-19-34-32/h10-11,13,15,17-20,23,31H,7-9,12,14,16,21-22,24H2,1-6H3,(H,34,35). The summed E-state index contributed by atoms with van der Waals surface area (Å²) in [5, 5.41) is 3.56. The molecule has 0 radical (unpaired) electrons. The van der Waals surface area contributed by atoms with Crippen LogP contribution in [0.2, 0.25) is 0 Å². The number of hydrogen-bond acceptors (Lipinski definition) is 5. The number of allylic oxidation sites excluding steroid dienone is 7. The summed E-state index contributed by atoms with van der Waals surface area (Å²) in [5.74, 6) is 2.79. The number of ether oxygens (including phenoxy) is 1. The maximum atomic E-state index is 5.49. The van der Waals surface area contributed by atoms with E-state index >= 15 is 0 Å². The number of pyridine rings is 1. The van der Waals surface area contributed by atoms with Gasteiger partial charge in [-0.3, -0.25) is 4.99 Å². The average Bonchev–Trinajstić information content (AvgIpc) is 2.87. The second kappa shape index (κ2) is 17.8. The molecule has 0 spiro atoms. The molecule has 1 atom stereocenters. The topological polar surface area (TPSA) is 46.5 Å². The maximum Gasteiger partial charge on any atom is 0.129 e. The third kappa shape index (κ3) is 13.5. The molecule has 37 heavy (non-hydrogen) atoms. The Morgan fingerprint density at radius 1 is 0.973 bits per heavy atom. The Bertz CT molecular complexity index is 1010. The molecule has 2 rings (SSSR count). The normalized spacial score (nSPS) is 15.2. The van der Waals surface area contributed by atoms with Gasteiger partial charge < -0.3 is 10.1 Å². The number of rotatable bonds is 16. The number of nitrogens with one attached hydrogen (secondary N) is 1. The first-order valence-electron chi connectivity index (χ1n) is 13.6. The third-order valence-corrected chi connectivity index (χ3v) is 7.25. The Morgan fingerprint density at radius 2 is 1.62 bits per heavy atom. The molecule has 1 aromatic rings. The molecule has 0 saturated heterocycles. The van der Waals surface area contributed by atoms with Crippen molar-refractivity contribution in [3.05, 3.63) is 82.4 Å². The predicted octanol–water partition coefficient (Wildman–Crippen LogP) is 8.99. The first kappa shape index (κ1) is 30.7. The monoisotopic (exact) mass is 521 g/mol. The van der Waals surface area contributed by atoms with Crippen LogP contribution in [0.4, 0.5) is 5.82 Å². The van der Waals surface area contributed by atoms with Crippen LogP contribution in [0.3, 0.4) is 0 Å². The van der Waals surface area contributed by atoms with Crippen LogP contribution in [-0.2, 0) is 4.74 Å². The smallest absolute Gasteiger partial charge is 0.129 e. The van der Waals surface area contributed by atoms with Gasteiger partial charge in [0, 0.05) is 23.9 Å². The number of hydrogen-bond donors (Lipinski definition) is 1. The Labute approximate surface area is 230 Å². The molecule has 1 unspecified atom stereocenters. The fourth-order valence-electron chi connectivity index (χ4n) is 3.90. The lowest BCUT2D eigenvalue weighted by Gasteiger charge is -2.21. The van der Waals surface area contributed by atoms with Crippen molar-refractivity contribution in [1.82, 2.24) is 4.98 Å². The van der Waals surface area contributed by atoms with Gasteiger partial charge in [0.05, 0.1) is 11.7 Å². The minimum Gasteiger partial charge on any atom is -0.494 e. The van der Waals surface area contributed by atoms with Gasteiger partial charge in [0.1, 0.15) is 18.7 Å². The van der Waals surface area contributed by atoms with E-state index in [1.807, 2.05) is 30.2 Å². The van der Waals surface area contributed by atoms with Gasteiger partial charge in [-0.15, -0.1) is 0 Å². The van der Waals surface area contributed by atoms with Crippen LogP contribution in [0.25, 0.3) is 0 Å². The van der Waals surface area contributed by atoms with Crippen molar-refractivity contribution in [2.45, 2.75) is 86.1 Å². The fraction of sp³-hybridized carbons (Fsp3) is 0.500. The van der Waals surface area contributed by atoms with Crippen molar-refractivity contribution in [3.8, 4) is 0 Å². The quantitative estimate of drug-likeness (QED) is 0.174. The molecule has 1 aliphatic heterocycles. The van der Waals surface area contributed by atoms with Crippen LogP contribution in [0.1, 0.15) is 78.7 Å². The van der Waals surface area contributed by atoms with E-state index in [4.69, 9.17) is 4.74 Å². The minimum absolute atomic E-state index is 0.0550. The first-order valence-corrected chi connectivity index (χ1v) is 14.7. The van der Waals surface area contributed by atoms with Crippen LogP contribution in [0.15, 0.2) is 81.9 Å². The lowest BCUT2D eigenvalue weighted by molar-refractivity contribution is 0.294. The summed E-state index contributed by atoms with van der Waals surface area (Å²) in [6.45, 7) is 13.7. The molecular formula is C32H47N3OS. The molecular weight excluding hydrogens is 474 g/mol. The molecule has 0 saturated carbocycles. The van der Waals surface area contributed by atoms with Gasteiger partial charge in [-0.05, 0) is 91.7 Å². The van der Waals surface area contributed by atoms with Crippen LogP contribution >= 0.6 is 11.8 Å². The summed E-state index contributed by atoms with van der Waals surface area (Å²) in [5.41, 5.74) is 7.92. The predicted molar refractivity (Wildman–Crippen MR) is 165 cm³/mol. The zero-order chi connectivity index (χ0) is 26.9. The number of anilines is 1. The van der Waals surface area contributed by atoms with E-state index in [1.165, 1.54) is 28.7 Å². The molecule has 5 heteroatoms. The van der Waals surface area contributed by atoms with Gasteiger partial charge in [0.15, 0.2) is 0 Å². The largest absolute Gasteiger partial charge is 0.494 e. The van der Waals surface area contributed by atoms with E-state index in [2.05, 4.69) is 87.2 Å². The fourth-order valence-corrected chi connectivity index (χ4v) is 4.93. The van der Waals surface area contributed by atoms with E-state index in [-0.39, 0.29) is 6.04 Å². The minimum atomic E-state index is 0.0550. The van der Waals surface area contributed by atoms with Gasteiger partial charge in [0.25, 0.3) is 0 Å². The summed E-state index contributed by atoms with van der Waals surface area (Å²) < 4.78 is 5.49. The first-order chi connectivity index (χ1) is 17.8. The van der Waals surface area contributed by atoms with Gasteiger partial charge in [-0.2, -0.15) is 11.8 Å². The van der Waals surface area contributed by atoms with Crippen LogP contribution in [-0.4, -0.2) is 35.4 Å². The number of aryl methyl sites for hydroxylation is 1. The van der Waals surface area contributed by atoms with E-state index in [9.17, 15) is 0 Å². The third-order valence-electron chi connectivity index (χ3n) is 6.28. The molecule has 1 N–H and O–H groups in total. The second-order valence-corrected chi connectivity index (χ2v) is 11.2. The summed E-state index contributed by atoms with van der Waals surface area (Å²) >= 11 is 1.91. The van der Waals surface area contributed by atoms with Crippen molar-refractivity contribution in [2.24, 2.45) is 4.99 Å². The molecule has 2 heterocycles.